The van der Waals surface area contributed by atoms with Crippen LogP contribution in [0.2, 0.25) is 0 Å². The van der Waals surface area contributed by atoms with E-state index in [-0.39, 0.29) is 11.5 Å². The van der Waals surface area contributed by atoms with Gasteiger partial charge in [0.15, 0.2) is 17.3 Å². The van der Waals surface area contributed by atoms with Gasteiger partial charge in [-0.2, -0.15) is 4.39 Å². The molecule has 2 rings (SSSR count). The first kappa shape index (κ1) is 14.0. The molecule has 0 aliphatic carbocycles. The Bertz CT molecular complexity index is 449. The molecule has 6 heteroatoms. The van der Waals surface area contributed by atoms with Gasteiger partial charge in [0.05, 0.1) is 14.2 Å². The maximum atomic E-state index is 13.6. The third-order valence-corrected chi connectivity index (χ3v) is 3.22. The lowest BCUT2D eigenvalue weighted by Crippen LogP contribution is -2.42. The fourth-order valence-electron chi connectivity index (χ4n) is 2.27. The normalized spacial score (nSPS) is 16.4. The van der Waals surface area contributed by atoms with Gasteiger partial charge in [0.1, 0.15) is 0 Å². The Hall–Kier alpha value is -1.40. The first-order chi connectivity index (χ1) is 9.17. The van der Waals surface area contributed by atoms with Crippen molar-refractivity contribution in [1.29, 1.82) is 0 Å². The smallest absolute Gasteiger partial charge is 0.204 e. The molecule has 0 atom stereocenters. The molecular formula is C13H18F2N2O2. The highest BCUT2D eigenvalue weighted by Crippen LogP contribution is 2.36. The van der Waals surface area contributed by atoms with Crippen LogP contribution in [-0.4, -0.2) is 45.3 Å². The van der Waals surface area contributed by atoms with Crippen molar-refractivity contribution in [3.05, 3.63) is 23.3 Å². The number of piperazine rings is 1. The van der Waals surface area contributed by atoms with E-state index in [2.05, 4.69) is 10.2 Å². The van der Waals surface area contributed by atoms with Gasteiger partial charge in [0.25, 0.3) is 0 Å². The van der Waals surface area contributed by atoms with E-state index in [0.29, 0.717) is 12.1 Å². The lowest BCUT2D eigenvalue weighted by molar-refractivity contribution is 0.227. The molecule has 1 N–H and O–H groups in total. The largest absolute Gasteiger partial charge is 0.492 e. The van der Waals surface area contributed by atoms with Gasteiger partial charge in [-0.15, -0.1) is 0 Å². The van der Waals surface area contributed by atoms with Crippen molar-refractivity contribution in [2.45, 2.75) is 6.54 Å². The fraction of sp³-hybridized carbons (Fsp3) is 0.538. The van der Waals surface area contributed by atoms with Crippen molar-refractivity contribution >= 4 is 0 Å². The number of ether oxygens (including phenoxy) is 2. The van der Waals surface area contributed by atoms with E-state index < -0.39 is 11.6 Å². The molecular weight excluding hydrogens is 254 g/mol. The number of nitrogens with one attached hydrogen (secondary N) is 1. The Kier molecular flexibility index (Phi) is 4.55. The summed E-state index contributed by atoms with van der Waals surface area (Å²) < 4.78 is 37.2. The van der Waals surface area contributed by atoms with Gasteiger partial charge >= 0.3 is 0 Å². The molecule has 1 fully saturated rings. The summed E-state index contributed by atoms with van der Waals surface area (Å²) in [4.78, 5) is 2.16. The number of methoxy groups -OCH3 is 2. The first-order valence-corrected chi connectivity index (χ1v) is 6.19. The Morgan fingerprint density at radius 3 is 2.37 bits per heavy atom. The minimum absolute atomic E-state index is 0.173. The van der Waals surface area contributed by atoms with Crippen LogP contribution in [0.5, 0.6) is 11.5 Å². The van der Waals surface area contributed by atoms with Crippen molar-refractivity contribution in [3.63, 3.8) is 0 Å². The van der Waals surface area contributed by atoms with Crippen LogP contribution < -0.4 is 14.8 Å². The molecule has 1 aromatic rings. The first-order valence-electron chi connectivity index (χ1n) is 6.19. The van der Waals surface area contributed by atoms with Crippen molar-refractivity contribution in [1.82, 2.24) is 10.2 Å². The van der Waals surface area contributed by atoms with Crippen molar-refractivity contribution in [2.24, 2.45) is 0 Å². The monoisotopic (exact) mass is 272 g/mol. The van der Waals surface area contributed by atoms with Gasteiger partial charge in [-0.05, 0) is 6.07 Å². The zero-order valence-corrected chi connectivity index (χ0v) is 11.1. The van der Waals surface area contributed by atoms with Crippen molar-refractivity contribution < 1.29 is 18.3 Å². The maximum absolute atomic E-state index is 13.6. The Morgan fingerprint density at radius 2 is 1.79 bits per heavy atom. The minimum atomic E-state index is -1.01. The van der Waals surface area contributed by atoms with Crippen LogP contribution in [0.1, 0.15) is 5.56 Å². The molecule has 4 nitrogen and oxygen atoms in total. The lowest BCUT2D eigenvalue weighted by atomic mass is 10.1. The predicted molar refractivity (Wildman–Crippen MR) is 67.6 cm³/mol. The maximum Gasteiger partial charge on any atom is 0.204 e. The zero-order valence-electron chi connectivity index (χ0n) is 11.1. The summed E-state index contributed by atoms with van der Waals surface area (Å²) in [5.41, 5.74) is 0.597. The summed E-state index contributed by atoms with van der Waals surface area (Å²) in [5, 5.41) is 3.24. The molecule has 19 heavy (non-hydrogen) atoms. The SMILES string of the molecule is COc1c(CN2CCNCC2)cc(F)c(F)c1OC. The van der Waals surface area contributed by atoms with E-state index in [4.69, 9.17) is 9.47 Å². The summed E-state index contributed by atoms with van der Waals surface area (Å²) in [6, 6.07) is 1.18. The van der Waals surface area contributed by atoms with Crippen LogP contribution in [0.25, 0.3) is 0 Å². The van der Waals surface area contributed by atoms with Crippen LogP contribution in [0.3, 0.4) is 0 Å². The van der Waals surface area contributed by atoms with Gasteiger partial charge in [-0.25, -0.2) is 4.39 Å². The average Bonchev–Trinajstić information content (AvgIpc) is 2.43. The molecule has 1 heterocycles. The van der Waals surface area contributed by atoms with E-state index >= 15 is 0 Å². The topological polar surface area (TPSA) is 33.7 Å². The van der Waals surface area contributed by atoms with E-state index in [1.807, 2.05) is 0 Å². The molecule has 106 valence electrons. The van der Waals surface area contributed by atoms with E-state index in [1.165, 1.54) is 20.3 Å². The summed E-state index contributed by atoms with van der Waals surface area (Å²) in [6.45, 7) is 4.03. The molecule has 0 saturated carbocycles. The van der Waals surface area contributed by atoms with E-state index in [0.717, 1.165) is 26.2 Å². The Labute approximate surface area is 111 Å². The summed E-state index contributed by atoms with van der Waals surface area (Å²) in [5.74, 6) is -1.83. The summed E-state index contributed by atoms with van der Waals surface area (Å²) in [6.07, 6.45) is 0. The van der Waals surface area contributed by atoms with E-state index in [9.17, 15) is 8.78 Å². The molecule has 1 saturated heterocycles. The van der Waals surface area contributed by atoms with Crippen LogP contribution >= 0.6 is 0 Å². The number of nitrogens with zero attached hydrogens (tertiary/aromatic N) is 1. The molecule has 0 unspecified atom stereocenters. The number of rotatable bonds is 4. The van der Waals surface area contributed by atoms with Crippen molar-refractivity contribution in [2.75, 3.05) is 40.4 Å². The quantitative estimate of drug-likeness (QED) is 0.898. The number of halogens is 2. The fourth-order valence-corrected chi connectivity index (χ4v) is 2.27. The second-order valence-electron chi connectivity index (χ2n) is 4.42. The third-order valence-electron chi connectivity index (χ3n) is 3.22. The molecule has 0 aromatic heterocycles. The number of hydrogen-bond acceptors (Lipinski definition) is 4. The standard InChI is InChI=1S/C13H18F2N2O2/c1-18-12-9(8-17-5-3-16-4-6-17)7-10(14)11(15)13(12)19-2/h7,16H,3-6,8H2,1-2H3. The zero-order chi connectivity index (χ0) is 13.8. The highest BCUT2D eigenvalue weighted by Gasteiger charge is 2.22. The average molecular weight is 272 g/mol. The highest BCUT2D eigenvalue weighted by molar-refractivity contribution is 5.48. The Balaban J connectivity index is 2.30. The number of benzene rings is 1. The van der Waals surface area contributed by atoms with Gasteiger partial charge in [0.2, 0.25) is 5.82 Å². The third kappa shape index (κ3) is 2.96. The molecule has 0 spiro atoms. The molecule has 0 radical (unpaired) electrons. The molecule has 0 bridgehead atoms. The van der Waals surface area contributed by atoms with Gasteiger partial charge < -0.3 is 14.8 Å². The second-order valence-corrected chi connectivity index (χ2v) is 4.42. The number of hydrogen-bond donors (Lipinski definition) is 1. The van der Waals surface area contributed by atoms with Gasteiger partial charge in [0, 0.05) is 38.3 Å². The van der Waals surface area contributed by atoms with Crippen molar-refractivity contribution in [3.8, 4) is 11.5 Å². The van der Waals surface area contributed by atoms with Crippen LogP contribution in [0.15, 0.2) is 6.07 Å². The molecule has 1 aliphatic heterocycles. The summed E-state index contributed by atoms with van der Waals surface area (Å²) >= 11 is 0. The highest BCUT2D eigenvalue weighted by atomic mass is 19.2. The second kappa shape index (κ2) is 6.16. The van der Waals surface area contributed by atoms with Gasteiger partial charge in [-0.3, -0.25) is 4.90 Å². The van der Waals surface area contributed by atoms with Gasteiger partial charge in [-0.1, -0.05) is 0 Å². The lowest BCUT2D eigenvalue weighted by Gasteiger charge is -2.28. The van der Waals surface area contributed by atoms with Crippen LogP contribution in [-0.2, 0) is 6.54 Å². The van der Waals surface area contributed by atoms with Crippen LogP contribution in [0, 0.1) is 11.6 Å². The van der Waals surface area contributed by atoms with Crippen LogP contribution in [0.4, 0.5) is 8.78 Å². The molecule has 0 amide bonds. The van der Waals surface area contributed by atoms with E-state index in [1.54, 1.807) is 0 Å². The molecule has 1 aromatic carbocycles. The minimum Gasteiger partial charge on any atom is -0.492 e. The predicted octanol–water partition coefficient (Wildman–Crippen LogP) is 1.39. The molecule has 1 aliphatic rings. The summed E-state index contributed by atoms with van der Waals surface area (Å²) in [7, 11) is 2.73. The Morgan fingerprint density at radius 1 is 1.16 bits per heavy atom.